The fourth-order valence-corrected chi connectivity index (χ4v) is 5.77. The number of rotatable bonds is 4. The van der Waals surface area contributed by atoms with Crippen LogP contribution in [0.15, 0.2) is 127 Å². The maximum Gasteiger partial charge on any atom is 0.164 e. The van der Waals surface area contributed by atoms with E-state index < -0.39 is 0 Å². The monoisotopic (exact) mass is 491 g/mol. The van der Waals surface area contributed by atoms with E-state index in [0.717, 1.165) is 27.8 Å². The number of nitrogens with zero attached hydrogens (tertiary/aromatic N) is 3. The Bertz CT molecular complexity index is 1880. The first-order chi connectivity index (χ1) is 18.3. The van der Waals surface area contributed by atoms with Crippen molar-refractivity contribution >= 4 is 31.5 Å². The quantitative estimate of drug-likeness (QED) is 0.247. The third-order valence-electron chi connectivity index (χ3n) is 6.53. The van der Waals surface area contributed by atoms with E-state index in [1.165, 1.54) is 20.2 Å². The van der Waals surface area contributed by atoms with Crippen LogP contribution in [0, 0.1) is 0 Å². The lowest BCUT2D eigenvalue weighted by molar-refractivity contribution is 1.07. The van der Waals surface area contributed by atoms with E-state index in [0.29, 0.717) is 17.5 Å². The Hall–Kier alpha value is -4.67. The lowest BCUT2D eigenvalue weighted by Gasteiger charge is -2.10. The van der Waals surface area contributed by atoms with Gasteiger partial charge in [0.25, 0.3) is 0 Å². The standard InChI is InChI=1S/C33H21N3S/c1-3-10-22(11-4-1)24-14-9-15-25(20-24)32-34-31(23-12-5-2-6-13-23)35-33(36-32)26-18-19-30-28(21-26)27-16-7-8-17-29(27)37-30/h1-21H. The van der Waals surface area contributed by atoms with Crippen molar-refractivity contribution in [3.63, 3.8) is 0 Å². The zero-order valence-electron chi connectivity index (χ0n) is 19.9. The van der Waals surface area contributed by atoms with Gasteiger partial charge in [-0.25, -0.2) is 15.0 Å². The molecule has 0 aliphatic rings. The van der Waals surface area contributed by atoms with E-state index in [1.807, 2.05) is 47.7 Å². The molecule has 0 bridgehead atoms. The van der Waals surface area contributed by atoms with Crippen molar-refractivity contribution in [3.8, 4) is 45.3 Å². The summed E-state index contributed by atoms with van der Waals surface area (Å²) in [7, 11) is 0. The highest BCUT2D eigenvalue weighted by molar-refractivity contribution is 7.25. The van der Waals surface area contributed by atoms with Gasteiger partial charge in [0.1, 0.15) is 0 Å². The van der Waals surface area contributed by atoms with Crippen LogP contribution in [-0.2, 0) is 0 Å². The minimum absolute atomic E-state index is 0.664. The smallest absolute Gasteiger partial charge is 0.164 e. The van der Waals surface area contributed by atoms with Crippen LogP contribution in [0.3, 0.4) is 0 Å². The van der Waals surface area contributed by atoms with Crippen LogP contribution in [0.4, 0.5) is 0 Å². The van der Waals surface area contributed by atoms with Crippen LogP contribution < -0.4 is 0 Å². The van der Waals surface area contributed by atoms with Crippen molar-refractivity contribution in [2.75, 3.05) is 0 Å². The van der Waals surface area contributed by atoms with Crippen LogP contribution in [-0.4, -0.2) is 15.0 Å². The molecule has 0 spiro atoms. The third kappa shape index (κ3) is 4.07. The first-order valence-electron chi connectivity index (χ1n) is 12.2. The van der Waals surface area contributed by atoms with Gasteiger partial charge in [0, 0.05) is 36.9 Å². The second kappa shape index (κ2) is 9.08. The third-order valence-corrected chi connectivity index (χ3v) is 7.68. The van der Waals surface area contributed by atoms with Crippen molar-refractivity contribution in [1.82, 2.24) is 15.0 Å². The Morgan fingerprint density at radius 3 is 1.65 bits per heavy atom. The zero-order chi connectivity index (χ0) is 24.6. The van der Waals surface area contributed by atoms with Gasteiger partial charge in [0.2, 0.25) is 0 Å². The molecule has 4 heteroatoms. The van der Waals surface area contributed by atoms with E-state index in [-0.39, 0.29) is 0 Å². The number of fused-ring (bicyclic) bond motifs is 3. The topological polar surface area (TPSA) is 38.7 Å². The Labute approximate surface area is 218 Å². The van der Waals surface area contributed by atoms with Gasteiger partial charge >= 0.3 is 0 Å². The van der Waals surface area contributed by atoms with Crippen molar-refractivity contribution in [1.29, 1.82) is 0 Å². The van der Waals surface area contributed by atoms with Gasteiger partial charge in [-0.2, -0.15) is 0 Å². The van der Waals surface area contributed by atoms with Crippen LogP contribution in [0.5, 0.6) is 0 Å². The van der Waals surface area contributed by atoms with Gasteiger partial charge in [-0.15, -0.1) is 11.3 Å². The Kier molecular flexibility index (Phi) is 5.30. The SMILES string of the molecule is c1ccc(-c2cccc(-c3nc(-c4ccccc4)nc(-c4ccc5sc6ccccc6c5c4)n3)c2)cc1. The molecular weight excluding hydrogens is 470 g/mol. The Morgan fingerprint density at radius 1 is 0.351 bits per heavy atom. The van der Waals surface area contributed by atoms with Crippen LogP contribution in [0.25, 0.3) is 65.5 Å². The van der Waals surface area contributed by atoms with E-state index in [9.17, 15) is 0 Å². The summed E-state index contributed by atoms with van der Waals surface area (Å²) >= 11 is 1.81. The molecule has 7 aromatic rings. The number of hydrogen-bond donors (Lipinski definition) is 0. The molecule has 2 heterocycles. The van der Waals surface area contributed by atoms with Crippen molar-refractivity contribution in [2.24, 2.45) is 0 Å². The molecule has 0 atom stereocenters. The zero-order valence-corrected chi connectivity index (χ0v) is 20.7. The Balaban J connectivity index is 1.41. The van der Waals surface area contributed by atoms with Crippen molar-refractivity contribution in [2.45, 2.75) is 0 Å². The minimum Gasteiger partial charge on any atom is -0.208 e. The van der Waals surface area contributed by atoms with Crippen LogP contribution in [0.2, 0.25) is 0 Å². The molecule has 0 saturated carbocycles. The fraction of sp³-hybridized carbons (Fsp3) is 0. The predicted molar refractivity (Wildman–Crippen MR) is 154 cm³/mol. The predicted octanol–water partition coefficient (Wildman–Crippen LogP) is 8.91. The molecule has 0 amide bonds. The molecule has 0 aliphatic carbocycles. The Morgan fingerprint density at radius 2 is 0.892 bits per heavy atom. The highest BCUT2D eigenvalue weighted by atomic mass is 32.1. The van der Waals surface area contributed by atoms with Gasteiger partial charge in [0.15, 0.2) is 17.5 Å². The summed E-state index contributed by atoms with van der Waals surface area (Å²) in [6, 6.07) is 43.9. The molecule has 0 radical (unpaired) electrons. The number of thiophene rings is 1. The number of benzene rings is 5. The second-order valence-electron chi connectivity index (χ2n) is 8.93. The summed E-state index contributed by atoms with van der Waals surface area (Å²) < 4.78 is 2.55. The molecule has 0 saturated heterocycles. The average molecular weight is 492 g/mol. The number of hydrogen-bond acceptors (Lipinski definition) is 4. The molecule has 0 N–H and O–H groups in total. The average Bonchev–Trinajstić information content (AvgIpc) is 3.36. The lowest BCUT2D eigenvalue weighted by Crippen LogP contribution is -2.00. The van der Waals surface area contributed by atoms with E-state index >= 15 is 0 Å². The van der Waals surface area contributed by atoms with Gasteiger partial charge < -0.3 is 0 Å². The molecule has 0 fully saturated rings. The molecule has 7 rings (SSSR count). The van der Waals surface area contributed by atoms with Gasteiger partial charge in [-0.3, -0.25) is 0 Å². The van der Waals surface area contributed by atoms with Gasteiger partial charge in [0.05, 0.1) is 0 Å². The normalized spacial score (nSPS) is 11.2. The molecule has 5 aromatic carbocycles. The van der Waals surface area contributed by atoms with E-state index in [4.69, 9.17) is 15.0 Å². The first kappa shape index (κ1) is 21.6. The highest BCUT2D eigenvalue weighted by Crippen LogP contribution is 2.36. The lowest BCUT2D eigenvalue weighted by atomic mass is 10.0. The van der Waals surface area contributed by atoms with Crippen LogP contribution in [0.1, 0.15) is 0 Å². The summed E-state index contributed by atoms with van der Waals surface area (Å²) in [6.07, 6.45) is 0. The molecule has 174 valence electrons. The summed E-state index contributed by atoms with van der Waals surface area (Å²) in [4.78, 5) is 14.8. The summed E-state index contributed by atoms with van der Waals surface area (Å²) in [5, 5.41) is 2.49. The van der Waals surface area contributed by atoms with E-state index in [2.05, 4.69) is 91.0 Å². The number of aromatic nitrogens is 3. The highest BCUT2D eigenvalue weighted by Gasteiger charge is 2.14. The molecular formula is C33H21N3S. The maximum atomic E-state index is 4.99. The molecule has 2 aromatic heterocycles. The molecule has 0 unspecified atom stereocenters. The van der Waals surface area contributed by atoms with Gasteiger partial charge in [-0.05, 0) is 41.5 Å². The molecule has 0 aliphatic heterocycles. The molecule has 3 nitrogen and oxygen atoms in total. The first-order valence-corrected chi connectivity index (χ1v) is 13.0. The van der Waals surface area contributed by atoms with Crippen molar-refractivity contribution < 1.29 is 0 Å². The fourth-order valence-electron chi connectivity index (χ4n) is 4.68. The largest absolute Gasteiger partial charge is 0.208 e. The molecule has 37 heavy (non-hydrogen) atoms. The van der Waals surface area contributed by atoms with Crippen LogP contribution >= 0.6 is 11.3 Å². The summed E-state index contributed by atoms with van der Waals surface area (Å²) in [5.74, 6) is 2.00. The summed E-state index contributed by atoms with van der Waals surface area (Å²) in [6.45, 7) is 0. The summed E-state index contributed by atoms with van der Waals surface area (Å²) in [5.41, 5.74) is 5.21. The van der Waals surface area contributed by atoms with E-state index in [1.54, 1.807) is 0 Å². The van der Waals surface area contributed by atoms with Gasteiger partial charge in [-0.1, -0.05) is 97.1 Å². The maximum absolute atomic E-state index is 4.99. The van der Waals surface area contributed by atoms with Crippen molar-refractivity contribution in [3.05, 3.63) is 127 Å². The second-order valence-corrected chi connectivity index (χ2v) is 10.0. The minimum atomic E-state index is 0.664.